The molecule has 0 aliphatic heterocycles. The van der Waals surface area contributed by atoms with Crippen molar-refractivity contribution in [3.8, 4) is 5.75 Å². The molecule has 0 aliphatic rings. The summed E-state index contributed by atoms with van der Waals surface area (Å²) in [4.78, 5) is 0. The van der Waals surface area contributed by atoms with Crippen molar-refractivity contribution in [3.05, 3.63) is 90.5 Å². The minimum atomic E-state index is -3.37. The minimum absolute atomic E-state index is 0.493. The number of benzene rings is 3. The summed E-state index contributed by atoms with van der Waals surface area (Å²) in [5.41, 5.74) is 0.884. The standard InChI is InChI=1S/C27H34O3P2/c1-3-5-21-31(28,22-6-4-2)23-24-15-13-14-20-27(24)30-32(29,25-16-9-7-10-17-25)26-18-11-8-12-19-26/h7-20H,3-6,21-23H2,1-2H3. The molecular weight excluding hydrogens is 434 g/mol. The van der Waals surface area contributed by atoms with Crippen LogP contribution < -0.4 is 15.1 Å². The minimum Gasteiger partial charge on any atom is -0.437 e. The molecule has 170 valence electrons. The molecule has 3 aromatic carbocycles. The molecule has 0 N–H and O–H groups in total. The molecule has 0 saturated heterocycles. The van der Waals surface area contributed by atoms with Gasteiger partial charge in [-0.05, 0) is 43.2 Å². The molecule has 0 saturated carbocycles. The van der Waals surface area contributed by atoms with E-state index in [1.54, 1.807) is 0 Å². The lowest BCUT2D eigenvalue weighted by atomic mass is 10.2. The van der Waals surface area contributed by atoms with Gasteiger partial charge in [0.25, 0.3) is 0 Å². The van der Waals surface area contributed by atoms with Crippen LogP contribution in [-0.2, 0) is 15.3 Å². The van der Waals surface area contributed by atoms with Crippen LogP contribution in [0.15, 0.2) is 84.9 Å². The number of rotatable bonds is 12. The lowest BCUT2D eigenvalue weighted by molar-refractivity contribution is 0.500. The highest BCUT2D eigenvalue weighted by Gasteiger charge is 2.31. The van der Waals surface area contributed by atoms with Crippen molar-refractivity contribution < 1.29 is 13.7 Å². The predicted octanol–water partition coefficient (Wildman–Crippen LogP) is 7.46. The average molecular weight is 469 g/mol. The third-order valence-electron chi connectivity index (χ3n) is 5.69. The largest absolute Gasteiger partial charge is 0.437 e. The van der Waals surface area contributed by atoms with E-state index in [1.807, 2.05) is 84.9 Å². The molecule has 32 heavy (non-hydrogen) atoms. The van der Waals surface area contributed by atoms with Crippen molar-refractivity contribution in [2.45, 2.75) is 45.7 Å². The maximum Gasteiger partial charge on any atom is 0.306 e. The molecule has 3 rings (SSSR count). The quantitative estimate of drug-likeness (QED) is 0.259. The highest BCUT2D eigenvalue weighted by molar-refractivity contribution is 7.74. The molecule has 0 bridgehead atoms. The summed E-state index contributed by atoms with van der Waals surface area (Å²) in [5.74, 6) is 0.566. The first-order valence-electron chi connectivity index (χ1n) is 11.6. The predicted molar refractivity (Wildman–Crippen MR) is 138 cm³/mol. The molecule has 0 aromatic heterocycles. The molecule has 0 atom stereocenters. The zero-order chi connectivity index (χ0) is 22.9. The number of hydrogen-bond donors (Lipinski definition) is 0. The van der Waals surface area contributed by atoms with Gasteiger partial charge in [-0.25, -0.2) is 0 Å². The summed E-state index contributed by atoms with van der Waals surface area (Å²) in [5, 5.41) is 1.31. The maximum absolute atomic E-state index is 14.4. The topological polar surface area (TPSA) is 43.4 Å². The van der Waals surface area contributed by atoms with Crippen molar-refractivity contribution in [2.75, 3.05) is 12.3 Å². The van der Waals surface area contributed by atoms with Gasteiger partial charge in [-0.15, -0.1) is 0 Å². The molecule has 5 heteroatoms. The van der Waals surface area contributed by atoms with Gasteiger partial charge in [0.2, 0.25) is 0 Å². The molecule has 3 nitrogen and oxygen atoms in total. The van der Waals surface area contributed by atoms with Crippen LogP contribution in [0, 0.1) is 0 Å². The molecule has 0 heterocycles. The second kappa shape index (κ2) is 11.7. The highest BCUT2D eigenvalue weighted by Crippen LogP contribution is 2.53. The Morgan fingerprint density at radius 3 is 1.62 bits per heavy atom. The van der Waals surface area contributed by atoms with Crippen LogP contribution in [0.4, 0.5) is 0 Å². The zero-order valence-electron chi connectivity index (χ0n) is 19.2. The molecule has 0 spiro atoms. The molecule has 0 radical (unpaired) electrons. The summed E-state index contributed by atoms with van der Waals surface area (Å²) in [6, 6.07) is 26.4. The third kappa shape index (κ3) is 6.25. The third-order valence-corrected chi connectivity index (χ3v) is 11.3. The Morgan fingerprint density at radius 1 is 0.656 bits per heavy atom. The van der Waals surface area contributed by atoms with E-state index < -0.39 is 14.5 Å². The second-order valence-electron chi connectivity index (χ2n) is 8.29. The van der Waals surface area contributed by atoms with E-state index in [4.69, 9.17) is 4.52 Å². The Balaban J connectivity index is 1.99. The van der Waals surface area contributed by atoms with E-state index >= 15 is 0 Å². The van der Waals surface area contributed by atoms with Gasteiger partial charge >= 0.3 is 7.37 Å². The van der Waals surface area contributed by atoms with Crippen molar-refractivity contribution in [1.82, 2.24) is 0 Å². The average Bonchev–Trinajstić information content (AvgIpc) is 2.84. The van der Waals surface area contributed by atoms with Crippen molar-refractivity contribution in [2.24, 2.45) is 0 Å². The summed E-state index contributed by atoms with van der Waals surface area (Å²) in [7, 11) is -5.75. The highest BCUT2D eigenvalue weighted by atomic mass is 31.2. The van der Waals surface area contributed by atoms with E-state index in [0.717, 1.165) is 43.6 Å². The fraction of sp³-hybridized carbons (Fsp3) is 0.333. The van der Waals surface area contributed by atoms with Crippen LogP contribution in [0.3, 0.4) is 0 Å². The van der Waals surface area contributed by atoms with Gasteiger partial charge in [-0.3, -0.25) is 4.57 Å². The Hall–Kier alpha value is -2.08. The Labute approximate surface area is 193 Å². The Kier molecular flexibility index (Phi) is 8.97. The van der Waals surface area contributed by atoms with Gasteiger partial charge in [0, 0.05) is 24.0 Å². The first kappa shape index (κ1) is 24.6. The fourth-order valence-corrected chi connectivity index (χ4v) is 9.14. The van der Waals surface area contributed by atoms with Gasteiger partial charge in [0.1, 0.15) is 5.75 Å². The first-order valence-corrected chi connectivity index (χ1v) is 15.5. The summed E-state index contributed by atoms with van der Waals surface area (Å²) < 4.78 is 34.6. The monoisotopic (exact) mass is 468 g/mol. The second-order valence-corrected chi connectivity index (χ2v) is 13.9. The van der Waals surface area contributed by atoms with Crippen molar-refractivity contribution in [3.63, 3.8) is 0 Å². The molecule has 0 unspecified atom stereocenters. The summed E-state index contributed by atoms with van der Waals surface area (Å²) in [6.45, 7) is 4.27. The van der Waals surface area contributed by atoms with E-state index in [-0.39, 0.29) is 0 Å². The molecule has 0 aliphatic carbocycles. The van der Waals surface area contributed by atoms with Crippen LogP contribution in [0.5, 0.6) is 5.75 Å². The molecule has 0 amide bonds. The number of hydrogen-bond acceptors (Lipinski definition) is 3. The lowest BCUT2D eigenvalue weighted by Gasteiger charge is -2.24. The van der Waals surface area contributed by atoms with Gasteiger partial charge in [-0.1, -0.05) is 81.3 Å². The SMILES string of the molecule is CCCCP(=O)(CCCC)Cc1ccccc1OP(=O)(c1ccccc1)c1ccccc1. The summed E-state index contributed by atoms with van der Waals surface area (Å²) in [6.07, 6.45) is 6.01. The van der Waals surface area contributed by atoms with Crippen LogP contribution in [0.25, 0.3) is 0 Å². The smallest absolute Gasteiger partial charge is 0.306 e. The van der Waals surface area contributed by atoms with Crippen molar-refractivity contribution >= 4 is 25.1 Å². The Bertz CT molecular complexity index is 1010. The Morgan fingerprint density at radius 2 is 1.12 bits per heavy atom. The van der Waals surface area contributed by atoms with Gasteiger partial charge in [-0.2, -0.15) is 0 Å². The lowest BCUT2D eigenvalue weighted by Crippen LogP contribution is -2.20. The molecule has 3 aromatic rings. The normalized spacial score (nSPS) is 11.9. The van der Waals surface area contributed by atoms with Gasteiger partial charge in [0.05, 0.1) is 17.8 Å². The van der Waals surface area contributed by atoms with E-state index in [2.05, 4.69) is 13.8 Å². The van der Waals surface area contributed by atoms with Gasteiger partial charge < -0.3 is 9.09 Å². The number of unbranched alkanes of at least 4 members (excludes halogenated alkanes) is 2. The zero-order valence-corrected chi connectivity index (χ0v) is 20.9. The summed E-state index contributed by atoms with van der Waals surface area (Å²) >= 11 is 0. The first-order chi connectivity index (χ1) is 15.5. The van der Waals surface area contributed by atoms with E-state index in [0.29, 0.717) is 22.5 Å². The van der Waals surface area contributed by atoms with Gasteiger partial charge in [0.15, 0.2) is 0 Å². The molecule has 0 fully saturated rings. The van der Waals surface area contributed by atoms with E-state index in [1.165, 1.54) is 0 Å². The molecular formula is C27H34O3P2. The van der Waals surface area contributed by atoms with Crippen LogP contribution in [0.1, 0.15) is 45.1 Å². The van der Waals surface area contributed by atoms with Crippen LogP contribution in [-0.4, -0.2) is 12.3 Å². The van der Waals surface area contributed by atoms with Crippen LogP contribution >= 0.6 is 14.5 Å². The van der Waals surface area contributed by atoms with Crippen LogP contribution in [0.2, 0.25) is 0 Å². The van der Waals surface area contributed by atoms with E-state index in [9.17, 15) is 9.13 Å². The van der Waals surface area contributed by atoms with Crippen molar-refractivity contribution in [1.29, 1.82) is 0 Å². The maximum atomic E-state index is 14.4. The number of para-hydroxylation sites is 1. The fourth-order valence-electron chi connectivity index (χ4n) is 3.84.